The van der Waals surface area contributed by atoms with E-state index in [1.165, 1.54) is 6.07 Å². The Kier molecular flexibility index (Phi) is 8.90. The molecule has 0 spiro atoms. The molecule has 3 amide bonds. The molecule has 0 atom stereocenters. The summed E-state index contributed by atoms with van der Waals surface area (Å²) in [5.41, 5.74) is 4.85. The van der Waals surface area contributed by atoms with Gasteiger partial charge in [0.1, 0.15) is 17.3 Å². The SMILES string of the molecule is Cc1ccc(C(=O)Nc2ccc(-c3ccccc3)cc2)cc1-c1nc(NCCN(C)C)nc2c1CNC(=O)N2c1c(F)cccc1F. The second kappa shape index (κ2) is 13.4. The van der Waals surface area contributed by atoms with Gasteiger partial charge < -0.3 is 20.9 Å². The van der Waals surface area contributed by atoms with Gasteiger partial charge in [0.15, 0.2) is 5.82 Å². The molecule has 3 N–H and O–H groups in total. The van der Waals surface area contributed by atoms with Gasteiger partial charge in [-0.3, -0.25) is 4.79 Å². The monoisotopic (exact) mass is 633 g/mol. The van der Waals surface area contributed by atoms with Gasteiger partial charge in [0, 0.05) is 35.5 Å². The number of aryl methyl sites for hydroxylation is 1. The number of nitrogens with zero attached hydrogens (tertiary/aromatic N) is 4. The Balaban J connectivity index is 1.38. The maximum atomic E-state index is 15.0. The Labute approximate surface area is 271 Å². The summed E-state index contributed by atoms with van der Waals surface area (Å²) in [5, 5.41) is 8.83. The van der Waals surface area contributed by atoms with E-state index < -0.39 is 23.4 Å². The zero-order chi connectivity index (χ0) is 33.1. The van der Waals surface area contributed by atoms with E-state index in [-0.39, 0.29) is 24.2 Å². The first-order valence-electron chi connectivity index (χ1n) is 15.1. The minimum atomic E-state index is -0.915. The zero-order valence-corrected chi connectivity index (χ0v) is 26.1. The average Bonchev–Trinajstić information content (AvgIpc) is 3.06. The minimum Gasteiger partial charge on any atom is -0.353 e. The number of carbonyl (C=O) groups is 2. The number of amides is 3. The number of hydrogen-bond donors (Lipinski definition) is 3. The van der Waals surface area contributed by atoms with Crippen LogP contribution < -0.4 is 20.9 Å². The molecule has 0 saturated carbocycles. The number of likely N-dealkylation sites (N-methyl/N-ethyl adjacent to an activating group) is 1. The van der Waals surface area contributed by atoms with Gasteiger partial charge >= 0.3 is 6.03 Å². The summed E-state index contributed by atoms with van der Waals surface area (Å²) in [6.45, 7) is 3.01. The van der Waals surface area contributed by atoms with Crippen molar-refractivity contribution in [1.29, 1.82) is 0 Å². The van der Waals surface area contributed by atoms with Gasteiger partial charge in [-0.1, -0.05) is 54.6 Å². The lowest BCUT2D eigenvalue weighted by atomic mass is 9.97. The topological polar surface area (TPSA) is 102 Å². The van der Waals surface area contributed by atoms with Crippen molar-refractivity contribution in [1.82, 2.24) is 20.2 Å². The third-order valence-electron chi connectivity index (χ3n) is 7.82. The quantitative estimate of drug-likeness (QED) is 0.162. The van der Waals surface area contributed by atoms with Gasteiger partial charge in [-0.2, -0.15) is 4.98 Å². The van der Waals surface area contributed by atoms with E-state index in [4.69, 9.17) is 4.98 Å². The number of anilines is 4. The summed E-state index contributed by atoms with van der Waals surface area (Å²) in [5.74, 6) is -1.94. The van der Waals surface area contributed by atoms with Crippen molar-refractivity contribution in [3.63, 3.8) is 0 Å². The molecule has 9 nitrogen and oxygen atoms in total. The van der Waals surface area contributed by atoms with Crippen LogP contribution in [0.25, 0.3) is 22.4 Å². The summed E-state index contributed by atoms with van der Waals surface area (Å²) in [4.78, 5) is 38.9. The Morgan fingerprint density at radius 1 is 0.915 bits per heavy atom. The molecule has 0 fully saturated rings. The number of halogens is 2. The summed E-state index contributed by atoms with van der Waals surface area (Å²) >= 11 is 0. The van der Waals surface area contributed by atoms with Crippen LogP contribution in [0.3, 0.4) is 0 Å². The highest BCUT2D eigenvalue weighted by Crippen LogP contribution is 2.39. The number of rotatable bonds is 9. The predicted octanol–water partition coefficient (Wildman–Crippen LogP) is 6.98. The molecule has 0 unspecified atom stereocenters. The van der Waals surface area contributed by atoms with Crippen LogP contribution in [0.1, 0.15) is 21.5 Å². The Morgan fingerprint density at radius 2 is 1.62 bits per heavy atom. The molecular formula is C36H33F2N7O2. The Morgan fingerprint density at radius 3 is 2.32 bits per heavy atom. The van der Waals surface area contributed by atoms with Gasteiger partial charge in [0.25, 0.3) is 5.91 Å². The third-order valence-corrected chi connectivity index (χ3v) is 7.82. The number of para-hydroxylation sites is 1. The Bertz CT molecular complexity index is 1930. The van der Waals surface area contributed by atoms with Gasteiger partial charge in [-0.05, 0) is 74.1 Å². The van der Waals surface area contributed by atoms with Gasteiger partial charge in [-0.25, -0.2) is 23.5 Å². The fourth-order valence-corrected chi connectivity index (χ4v) is 5.36. The van der Waals surface area contributed by atoms with E-state index >= 15 is 8.78 Å². The lowest BCUT2D eigenvalue weighted by Crippen LogP contribution is -2.43. The van der Waals surface area contributed by atoms with Crippen LogP contribution in [0.2, 0.25) is 0 Å². The van der Waals surface area contributed by atoms with Crippen LogP contribution in [-0.2, 0) is 6.54 Å². The number of fused-ring (bicyclic) bond motifs is 1. The highest BCUT2D eigenvalue weighted by atomic mass is 19.1. The van der Waals surface area contributed by atoms with Crippen LogP contribution in [0.5, 0.6) is 0 Å². The third kappa shape index (κ3) is 6.66. The van der Waals surface area contributed by atoms with Crippen molar-refractivity contribution in [3.8, 4) is 22.4 Å². The van der Waals surface area contributed by atoms with Crippen molar-refractivity contribution < 1.29 is 18.4 Å². The normalized spacial score (nSPS) is 12.5. The molecule has 1 aliphatic rings. The molecule has 238 valence electrons. The van der Waals surface area contributed by atoms with Crippen LogP contribution in [0.15, 0.2) is 91.0 Å². The smallest absolute Gasteiger partial charge is 0.328 e. The molecule has 0 aliphatic carbocycles. The van der Waals surface area contributed by atoms with Gasteiger partial charge in [0.05, 0.1) is 12.2 Å². The molecule has 4 aromatic carbocycles. The standard InChI is InChI=1S/C36H33F2N7O2/c1-22-12-13-25(34(46)41-26-16-14-24(15-17-26)23-8-5-4-6-9-23)20-27(22)31-28-21-40-36(47)45(32-29(37)10-7-11-30(32)38)33(28)43-35(42-31)39-18-19-44(2)3/h4-17,20H,18-19,21H2,1-3H3,(H,40,47)(H,41,46)(H,39,42,43). The summed E-state index contributed by atoms with van der Waals surface area (Å²) < 4.78 is 30.1. The summed E-state index contributed by atoms with van der Waals surface area (Å²) in [7, 11) is 3.84. The Hall–Kier alpha value is -5.68. The second-order valence-electron chi connectivity index (χ2n) is 11.4. The zero-order valence-electron chi connectivity index (χ0n) is 26.1. The molecule has 2 heterocycles. The summed E-state index contributed by atoms with van der Waals surface area (Å²) in [6, 6.07) is 25.5. The van der Waals surface area contributed by atoms with Crippen molar-refractivity contribution in [2.24, 2.45) is 0 Å². The molecular weight excluding hydrogens is 600 g/mol. The molecule has 5 aromatic rings. The minimum absolute atomic E-state index is 0.0116. The second-order valence-corrected chi connectivity index (χ2v) is 11.4. The first kappa shape index (κ1) is 31.3. The highest BCUT2D eigenvalue weighted by Gasteiger charge is 2.34. The van der Waals surface area contributed by atoms with Crippen molar-refractivity contribution in [3.05, 3.63) is 119 Å². The molecule has 6 rings (SSSR count). The van der Waals surface area contributed by atoms with Gasteiger partial charge in [-0.15, -0.1) is 0 Å². The molecule has 11 heteroatoms. The fourth-order valence-electron chi connectivity index (χ4n) is 5.36. The molecule has 0 saturated heterocycles. The maximum Gasteiger partial charge on any atom is 0.328 e. The van der Waals surface area contributed by atoms with E-state index in [2.05, 4.69) is 20.9 Å². The summed E-state index contributed by atoms with van der Waals surface area (Å²) in [6.07, 6.45) is 0. The van der Waals surface area contributed by atoms with Crippen LogP contribution >= 0.6 is 0 Å². The van der Waals surface area contributed by atoms with Crippen molar-refractivity contribution >= 4 is 35.1 Å². The predicted molar refractivity (Wildman–Crippen MR) is 180 cm³/mol. The number of urea groups is 1. The first-order chi connectivity index (χ1) is 22.7. The number of benzene rings is 4. The molecule has 0 bridgehead atoms. The van der Waals surface area contributed by atoms with Crippen LogP contribution in [0.4, 0.5) is 36.7 Å². The fraction of sp³-hybridized carbons (Fsp3) is 0.167. The number of aromatic nitrogens is 2. The molecule has 0 radical (unpaired) electrons. The lowest BCUT2D eigenvalue weighted by molar-refractivity contribution is 0.102. The highest BCUT2D eigenvalue weighted by molar-refractivity contribution is 6.06. The van der Waals surface area contributed by atoms with E-state index in [0.717, 1.165) is 33.7 Å². The molecule has 1 aromatic heterocycles. The van der Waals surface area contributed by atoms with Crippen molar-refractivity contribution in [2.75, 3.05) is 42.7 Å². The average molecular weight is 634 g/mol. The van der Waals surface area contributed by atoms with E-state index in [1.807, 2.05) is 86.6 Å². The number of hydrogen-bond acceptors (Lipinski definition) is 6. The largest absolute Gasteiger partial charge is 0.353 e. The maximum absolute atomic E-state index is 15.0. The number of carbonyl (C=O) groups excluding carboxylic acids is 2. The van der Waals surface area contributed by atoms with Gasteiger partial charge in [0.2, 0.25) is 5.95 Å². The van der Waals surface area contributed by atoms with E-state index in [1.54, 1.807) is 12.1 Å². The number of nitrogens with one attached hydrogen (secondary N) is 3. The molecule has 47 heavy (non-hydrogen) atoms. The van der Waals surface area contributed by atoms with Crippen molar-refractivity contribution in [2.45, 2.75) is 13.5 Å². The van der Waals surface area contributed by atoms with Crippen LogP contribution in [0, 0.1) is 18.6 Å². The first-order valence-corrected chi connectivity index (χ1v) is 15.1. The molecule has 1 aliphatic heterocycles. The van der Waals surface area contributed by atoms with E-state index in [0.29, 0.717) is 41.2 Å². The lowest BCUT2D eigenvalue weighted by Gasteiger charge is -2.31. The van der Waals surface area contributed by atoms with E-state index in [9.17, 15) is 9.59 Å². The van der Waals surface area contributed by atoms with Crippen LogP contribution in [-0.4, -0.2) is 54.0 Å².